The minimum absolute atomic E-state index is 0.538. The molecule has 1 aromatic heterocycles. The number of piperidine rings is 2. The SMILES string of the molecule is CC[C@@]1(O)CCCN(c2cc(C3CCNCC3)nc(C)n2)C1. The van der Waals surface area contributed by atoms with Crippen LogP contribution < -0.4 is 10.2 Å². The number of anilines is 1. The van der Waals surface area contributed by atoms with Crippen molar-refractivity contribution in [3.05, 3.63) is 17.6 Å². The number of hydrogen-bond donors (Lipinski definition) is 2. The summed E-state index contributed by atoms with van der Waals surface area (Å²) in [6.07, 6.45) is 5.01. The molecule has 1 aromatic rings. The fourth-order valence-corrected chi connectivity index (χ4v) is 3.66. The number of rotatable bonds is 3. The predicted octanol–water partition coefficient (Wildman–Crippen LogP) is 1.99. The van der Waals surface area contributed by atoms with Crippen molar-refractivity contribution in [1.29, 1.82) is 0 Å². The summed E-state index contributed by atoms with van der Waals surface area (Å²) in [5.41, 5.74) is 0.612. The molecule has 0 radical (unpaired) electrons. The molecule has 0 unspecified atom stereocenters. The summed E-state index contributed by atoms with van der Waals surface area (Å²) in [7, 11) is 0. The second-order valence-electron chi connectivity index (χ2n) is 6.83. The van der Waals surface area contributed by atoms with Crippen molar-refractivity contribution in [2.45, 2.75) is 57.5 Å². The summed E-state index contributed by atoms with van der Waals surface area (Å²) < 4.78 is 0. The van der Waals surface area contributed by atoms with Crippen LogP contribution in [0.1, 0.15) is 56.5 Å². The van der Waals surface area contributed by atoms with Gasteiger partial charge in [-0.3, -0.25) is 0 Å². The Balaban J connectivity index is 1.82. The molecule has 2 aliphatic rings. The number of β-amino-alcohol motifs (C(OH)–C–C–N with tert-alkyl or cyclic N) is 1. The third-order valence-electron chi connectivity index (χ3n) is 5.14. The second kappa shape index (κ2) is 6.50. The van der Waals surface area contributed by atoms with E-state index in [0.717, 1.165) is 63.4 Å². The van der Waals surface area contributed by atoms with E-state index in [1.54, 1.807) is 0 Å². The standard InChI is InChI=1S/C17H28N4O/c1-3-17(22)7-4-10-21(12-17)16-11-15(19-13(2)20-16)14-5-8-18-9-6-14/h11,14,18,22H,3-10,12H2,1-2H3/t17-/m1/s1. The molecular weight excluding hydrogens is 276 g/mol. The van der Waals surface area contributed by atoms with Gasteiger partial charge in [0.2, 0.25) is 0 Å². The van der Waals surface area contributed by atoms with Crippen LogP contribution in [-0.4, -0.2) is 46.9 Å². The molecule has 0 amide bonds. The van der Waals surface area contributed by atoms with Crippen LogP contribution in [0, 0.1) is 6.92 Å². The van der Waals surface area contributed by atoms with Gasteiger partial charge in [0.15, 0.2) is 0 Å². The number of nitrogens with zero attached hydrogens (tertiary/aromatic N) is 3. The van der Waals surface area contributed by atoms with Crippen LogP contribution in [0.3, 0.4) is 0 Å². The first kappa shape index (κ1) is 15.7. The molecule has 3 rings (SSSR count). The van der Waals surface area contributed by atoms with Crippen molar-refractivity contribution in [1.82, 2.24) is 15.3 Å². The van der Waals surface area contributed by atoms with Crippen molar-refractivity contribution in [3.63, 3.8) is 0 Å². The third-order valence-corrected chi connectivity index (χ3v) is 5.14. The first-order valence-corrected chi connectivity index (χ1v) is 8.63. The molecule has 2 N–H and O–H groups in total. The van der Waals surface area contributed by atoms with Gasteiger partial charge in [0.1, 0.15) is 11.6 Å². The van der Waals surface area contributed by atoms with E-state index in [1.165, 1.54) is 5.69 Å². The normalized spacial score (nSPS) is 27.1. The second-order valence-corrected chi connectivity index (χ2v) is 6.83. The Morgan fingerprint density at radius 3 is 2.86 bits per heavy atom. The highest BCUT2D eigenvalue weighted by atomic mass is 16.3. The van der Waals surface area contributed by atoms with Crippen molar-refractivity contribution < 1.29 is 5.11 Å². The summed E-state index contributed by atoms with van der Waals surface area (Å²) in [6, 6.07) is 2.16. The average Bonchev–Trinajstić information content (AvgIpc) is 2.55. The quantitative estimate of drug-likeness (QED) is 0.894. The molecule has 22 heavy (non-hydrogen) atoms. The van der Waals surface area contributed by atoms with Crippen LogP contribution in [-0.2, 0) is 0 Å². The Labute approximate surface area is 133 Å². The molecule has 0 aliphatic carbocycles. The lowest BCUT2D eigenvalue weighted by molar-refractivity contribution is 0.0221. The van der Waals surface area contributed by atoms with Gasteiger partial charge in [0.25, 0.3) is 0 Å². The highest BCUT2D eigenvalue weighted by Gasteiger charge is 2.32. The van der Waals surface area contributed by atoms with Gasteiger partial charge in [-0.2, -0.15) is 0 Å². The van der Waals surface area contributed by atoms with Crippen LogP contribution in [0.5, 0.6) is 0 Å². The molecule has 5 heteroatoms. The highest BCUT2D eigenvalue weighted by molar-refractivity contribution is 5.42. The van der Waals surface area contributed by atoms with Gasteiger partial charge in [0, 0.05) is 30.8 Å². The van der Waals surface area contributed by atoms with Crippen molar-refractivity contribution in [2.24, 2.45) is 0 Å². The van der Waals surface area contributed by atoms with Crippen LogP contribution in [0.25, 0.3) is 0 Å². The topological polar surface area (TPSA) is 61.3 Å². The van der Waals surface area contributed by atoms with Gasteiger partial charge < -0.3 is 15.3 Å². The van der Waals surface area contributed by atoms with Gasteiger partial charge >= 0.3 is 0 Å². The Hall–Kier alpha value is -1.20. The maximum Gasteiger partial charge on any atom is 0.132 e. The van der Waals surface area contributed by atoms with E-state index in [1.807, 2.05) is 6.92 Å². The summed E-state index contributed by atoms with van der Waals surface area (Å²) in [4.78, 5) is 11.6. The number of nitrogens with one attached hydrogen (secondary N) is 1. The molecule has 5 nitrogen and oxygen atoms in total. The summed E-state index contributed by atoms with van der Waals surface area (Å²) in [5, 5.41) is 14.0. The minimum Gasteiger partial charge on any atom is -0.388 e. The van der Waals surface area contributed by atoms with Crippen LogP contribution in [0.15, 0.2) is 6.07 Å². The molecular formula is C17H28N4O. The van der Waals surface area contributed by atoms with Gasteiger partial charge in [-0.15, -0.1) is 0 Å². The van der Waals surface area contributed by atoms with Crippen LogP contribution >= 0.6 is 0 Å². The average molecular weight is 304 g/mol. The maximum absolute atomic E-state index is 10.6. The molecule has 0 saturated carbocycles. The van der Waals surface area contributed by atoms with Crippen LogP contribution in [0.2, 0.25) is 0 Å². The molecule has 2 fully saturated rings. The lowest BCUT2D eigenvalue weighted by Crippen LogP contribution is -2.48. The van der Waals surface area contributed by atoms with E-state index in [2.05, 4.69) is 33.2 Å². The monoisotopic (exact) mass is 304 g/mol. The molecule has 2 aliphatic heterocycles. The van der Waals surface area contributed by atoms with Crippen molar-refractivity contribution in [3.8, 4) is 0 Å². The summed E-state index contributed by atoms with van der Waals surface area (Å²) in [6.45, 7) is 7.85. The minimum atomic E-state index is -0.563. The van der Waals surface area contributed by atoms with Crippen molar-refractivity contribution in [2.75, 3.05) is 31.1 Å². The first-order valence-electron chi connectivity index (χ1n) is 8.63. The van der Waals surface area contributed by atoms with E-state index in [4.69, 9.17) is 0 Å². The predicted molar refractivity (Wildman–Crippen MR) is 88.3 cm³/mol. The van der Waals surface area contributed by atoms with E-state index >= 15 is 0 Å². The molecule has 3 heterocycles. The third kappa shape index (κ3) is 3.41. The van der Waals surface area contributed by atoms with E-state index in [0.29, 0.717) is 12.5 Å². The van der Waals surface area contributed by atoms with Gasteiger partial charge in [-0.1, -0.05) is 6.92 Å². The fraction of sp³-hybridized carbons (Fsp3) is 0.765. The molecule has 0 aromatic carbocycles. The highest BCUT2D eigenvalue weighted by Crippen LogP contribution is 2.30. The smallest absolute Gasteiger partial charge is 0.132 e. The first-order chi connectivity index (χ1) is 10.6. The number of aromatic nitrogens is 2. The summed E-state index contributed by atoms with van der Waals surface area (Å²) in [5.74, 6) is 2.38. The lowest BCUT2D eigenvalue weighted by Gasteiger charge is -2.39. The zero-order valence-corrected chi connectivity index (χ0v) is 13.8. The Kier molecular flexibility index (Phi) is 4.64. The maximum atomic E-state index is 10.6. The zero-order valence-electron chi connectivity index (χ0n) is 13.8. The lowest BCUT2D eigenvalue weighted by atomic mass is 9.90. The molecule has 1 atom stereocenters. The molecule has 122 valence electrons. The van der Waals surface area contributed by atoms with Crippen molar-refractivity contribution >= 4 is 5.82 Å². The van der Waals surface area contributed by atoms with Gasteiger partial charge in [-0.25, -0.2) is 9.97 Å². The largest absolute Gasteiger partial charge is 0.388 e. The van der Waals surface area contributed by atoms with Gasteiger partial charge in [-0.05, 0) is 52.1 Å². The van der Waals surface area contributed by atoms with E-state index in [-0.39, 0.29) is 0 Å². The number of hydrogen-bond acceptors (Lipinski definition) is 5. The van der Waals surface area contributed by atoms with Gasteiger partial charge in [0.05, 0.1) is 5.60 Å². The molecule has 2 saturated heterocycles. The molecule has 0 spiro atoms. The van der Waals surface area contributed by atoms with Crippen LogP contribution in [0.4, 0.5) is 5.82 Å². The fourth-order valence-electron chi connectivity index (χ4n) is 3.66. The Morgan fingerprint density at radius 2 is 2.14 bits per heavy atom. The molecule has 0 bridgehead atoms. The Bertz CT molecular complexity index is 515. The van der Waals surface area contributed by atoms with E-state index < -0.39 is 5.60 Å². The number of aliphatic hydroxyl groups is 1. The zero-order chi connectivity index (χ0) is 15.6. The Morgan fingerprint density at radius 1 is 1.36 bits per heavy atom. The van der Waals surface area contributed by atoms with E-state index in [9.17, 15) is 5.11 Å². The summed E-state index contributed by atoms with van der Waals surface area (Å²) >= 11 is 0. The number of aryl methyl sites for hydroxylation is 1.